The molecule has 7 heteroatoms. The molecule has 0 fully saturated rings. The van der Waals surface area contributed by atoms with E-state index < -0.39 is 10.0 Å². The van der Waals surface area contributed by atoms with Crippen LogP contribution in [0.4, 0.5) is 5.69 Å². The van der Waals surface area contributed by atoms with Crippen molar-refractivity contribution in [2.45, 2.75) is 6.54 Å². The predicted octanol–water partition coefficient (Wildman–Crippen LogP) is 0.662. The van der Waals surface area contributed by atoms with Crippen molar-refractivity contribution in [1.82, 2.24) is 0 Å². The number of nitrogens with zero attached hydrogens (tertiary/aromatic N) is 1. The Bertz CT molecular complexity index is 624. The van der Waals surface area contributed by atoms with Gasteiger partial charge >= 0.3 is 0 Å². The Hall–Kier alpha value is -1.49. The molecule has 0 aromatic heterocycles. The zero-order chi connectivity index (χ0) is 13.2. The average Bonchev–Trinajstić information content (AvgIpc) is 2.67. The molecule has 18 heavy (non-hydrogen) atoms. The van der Waals surface area contributed by atoms with E-state index in [0.717, 1.165) is 23.1 Å². The summed E-state index contributed by atoms with van der Waals surface area (Å²) in [5.74, 6) is 1.70. The summed E-state index contributed by atoms with van der Waals surface area (Å²) in [6, 6.07) is 5.39. The van der Waals surface area contributed by atoms with Crippen LogP contribution in [0.15, 0.2) is 35.2 Å². The number of aliphatic imine (C=N–C) groups is 1. The first-order valence-electron chi connectivity index (χ1n) is 5.37. The number of sulfonamides is 1. The summed E-state index contributed by atoms with van der Waals surface area (Å²) in [4.78, 5) is 4.36. The third-order valence-corrected chi connectivity index (χ3v) is 3.08. The summed E-state index contributed by atoms with van der Waals surface area (Å²) >= 11 is 0. The lowest BCUT2D eigenvalue weighted by atomic mass is 9.56. The number of nitrogens with one attached hydrogen (secondary N) is 1. The third-order valence-electron chi connectivity index (χ3n) is 2.47. The normalized spacial score (nSPS) is 14.4. The lowest BCUT2D eigenvalue weighted by Gasteiger charge is -2.06. The Morgan fingerprint density at radius 2 is 2.28 bits per heavy atom. The smallest absolute Gasteiger partial charge is 0.229 e. The Morgan fingerprint density at radius 1 is 1.50 bits per heavy atom. The first-order chi connectivity index (χ1) is 8.49. The molecule has 0 saturated heterocycles. The molecule has 3 radical (unpaired) electrons. The van der Waals surface area contributed by atoms with E-state index in [4.69, 9.17) is 7.74 Å². The minimum atomic E-state index is -3.26. The van der Waals surface area contributed by atoms with E-state index in [9.17, 15) is 8.42 Å². The van der Waals surface area contributed by atoms with Gasteiger partial charge in [0.2, 0.25) is 10.0 Å². The van der Waals surface area contributed by atoms with Crippen molar-refractivity contribution in [3.05, 3.63) is 41.4 Å². The van der Waals surface area contributed by atoms with Crippen molar-refractivity contribution in [3.63, 3.8) is 0 Å². The molecule has 0 aliphatic carbocycles. The van der Waals surface area contributed by atoms with Crippen LogP contribution < -0.4 is 4.72 Å². The Balaban J connectivity index is 2.32. The van der Waals surface area contributed by atoms with E-state index in [0.29, 0.717) is 12.2 Å². The molecule has 2 rings (SSSR count). The lowest BCUT2D eigenvalue weighted by molar-refractivity contribution is 0.607. The van der Waals surface area contributed by atoms with Gasteiger partial charge in [0.15, 0.2) is 0 Å². The zero-order valence-corrected chi connectivity index (χ0v) is 10.7. The summed E-state index contributed by atoms with van der Waals surface area (Å²) in [7, 11) is 3.45. The fraction of sp³-hybridized carbons (Fsp3) is 0.182. The molecular formula is C11H11B2N2O2S. The van der Waals surface area contributed by atoms with Gasteiger partial charge in [0.05, 0.1) is 25.7 Å². The maximum absolute atomic E-state index is 11.2. The first-order valence-corrected chi connectivity index (χ1v) is 7.26. The minimum absolute atomic E-state index is 0.538. The van der Waals surface area contributed by atoms with E-state index >= 15 is 0 Å². The number of anilines is 1. The molecule has 0 spiro atoms. The van der Waals surface area contributed by atoms with Gasteiger partial charge in [-0.05, 0) is 17.7 Å². The van der Waals surface area contributed by atoms with Gasteiger partial charge in [0, 0.05) is 19.0 Å². The van der Waals surface area contributed by atoms with Gasteiger partial charge in [-0.15, -0.1) is 5.98 Å². The van der Waals surface area contributed by atoms with Crippen LogP contribution in [0.3, 0.4) is 0 Å². The fourth-order valence-corrected chi connectivity index (χ4v) is 2.33. The molecule has 0 saturated carbocycles. The molecule has 0 atom stereocenters. The number of rotatable bonds is 4. The van der Waals surface area contributed by atoms with Crippen LogP contribution in [0.1, 0.15) is 11.1 Å². The van der Waals surface area contributed by atoms with Crippen molar-refractivity contribution in [2.75, 3.05) is 11.0 Å². The maximum Gasteiger partial charge on any atom is 0.229 e. The second-order valence-electron chi connectivity index (χ2n) is 4.00. The summed E-state index contributed by atoms with van der Waals surface area (Å²) in [5.41, 5.74) is 3.35. The molecule has 1 aliphatic rings. The van der Waals surface area contributed by atoms with Crippen LogP contribution in [0, 0.1) is 0 Å². The van der Waals surface area contributed by atoms with Crippen molar-refractivity contribution in [1.29, 1.82) is 0 Å². The van der Waals surface area contributed by atoms with Gasteiger partial charge in [0.1, 0.15) is 0 Å². The van der Waals surface area contributed by atoms with Gasteiger partial charge < -0.3 is 0 Å². The van der Waals surface area contributed by atoms with Crippen LogP contribution >= 0.6 is 0 Å². The van der Waals surface area contributed by atoms with E-state index in [1.807, 2.05) is 6.07 Å². The van der Waals surface area contributed by atoms with E-state index in [1.165, 1.54) is 7.17 Å². The second kappa shape index (κ2) is 5.02. The molecule has 1 N–H and O–H groups in total. The quantitative estimate of drug-likeness (QED) is 0.805. The summed E-state index contributed by atoms with van der Waals surface area (Å²) in [6.45, 7) is 0.610. The van der Waals surface area contributed by atoms with Gasteiger partial charge in [-0.2, -0.15) is 0 Å². The molecule has 1 aromatic carbocycles. The summed E-state index contributed by atoms with van der Waals surface area (Å²) < 4.78 is 24.8. The standard InChI is InChI=1S/C11H11B2N2O2S/c1-18(16,17)15-9-3-2-8-7-14-11(4-5-13-12)10(8)6-9/h2-6,15H,7H2,1H3/b5-4+. The highest BCUT2D eigenvalue weighted by atomic mass is 32.2. The molecule has 1 aromatic rings. The number of hydrogen-bond acceptors (Lipinski definition) is 3. The number of hydrogen-bond donors (Lipinski definition) is 1. The number of allylic oxidation sites excluding steroid dienone is 1. The molecule has 0 bridgehead atoms. The van der Waals surface area contributed by atoms with Crippen LogP contribution in [-0.2, 0) is 16.6 Å². The molecule has 4 nitrogen and oxygen atoms in total. The van der Waals surface area contributed by atoms with Gasteiger partial charge in [-0.1, -0.05) is 12.1 Å². The lowest BCUT2D eigenvalue weighted by Crippen LogP contribution is -2.10. The highest BCUT2D eigenvalue weighted by Gasteiger charge is 2.14. The number of fused-ring (bicyclic) bond motifs is 1. The second-order valence-corrected chi connectivity index (χ2v) is 5.75. The van der Waals surface area contributed by atoms with E-state index in [1.54, 1.807) is 24.2 Å². The Labute approximate surface area is 109 Å². The largest absolute Gasteiger partial charge is 0.284 e. The predicted molar refractivity (Wildman–Crippen MR) is 75.8 cm³/mol. The van der Waals surface area contributed by atoms with Crippen molar-refractivity contribution in [3.8, 4) is 0 Å². The van der Waals surface area contributed by atoms with Crippen molar-refractivity contribution in [2.24, 2.45) is 4.99 Å². The SMILES string of the molecule is [B][B]/C=C/C1=NCc2ccc(NS(C)(=O)=O)cc21. The topological polar surface area (TPSA) is 58.5 Å². The highest BCUT2D eigenvalue weighted by molar-refractivity contribution is 7.92. The zero-order valence-electron chi connectivity index (χ0n) is 9.92. The Kier molecular flexibility index (Phi) is 3.61. The van der Waals surface area contributed by atoms with Crippen LogP contribution in [0.5, 0.6) is 0 Å². The van der Waals surface area contributed by atoms with Crippen LogP contribution in [0.2, 0.25) is 0 Å². The third kappa shape index (κ3) is 3.04. The molecule has 0 unspecified atom stereocenters. The fourth-order valence-electron chi connectivity index (χ4n) is 1.78. The molecule has 0 amide bonds. The van der Waals surface area contributed by atoms with Crippen LogP contribution in [-0.4, -0.2) is 35.3 Å². The summed E-state index contributed by atoms with van der Waals surface area (Å²) in [5, 5.41) is 0. The van der Waals surface area contributed by atoms with E-state index in [-0.39, 0.29) is 0 Å². The first kappa shape index (κ1) is 13.0. The molecular weight excluding hydrogens is 246 g/mol. The summed E-state index contributed by atoms with van der Waals surface area (Å²) in [6.07, 6.45) is 2.93. The molecule has 1 aliphatic heterocycles. The Morgan fingerprint density at radius 3 is 2.94 bits per heavy atom. The number of benzene rings is 1. The van der Waals surface area contributed by atoms with Gasteiger partial charge in [-0.25, -0.2) is 8.42 Å². The maximum atomic E-state index is 11.2. The van der Waals surface area contributed by atoms with Crippen LogP contribution in [0.25, 0.3) is 0 Å². The van der Waals surface area contributed by atoms with Crippen molar-refractivity contribution < 1.29 is 8.42 Å². The van der Waals surface area contributed by atoms with E-state index in [2.05, 4.69) is 9.71 Å². The van der Waals surface area contributed by atoms with Gasteiger partial charge in [-0.3, -0.25) is 9.71 Å². The minimum Gasteiger partial charge on any atom is -0.284 e. The highest BCUT2D eigenvalue weighted by Crippen LogP contribution is 2.23. The monoisotopic (exact) mass is 257 g/mol. The molecule has 89 valence electrons. The van der Waals surface area contributed by atoms with Crippen molar-refractivity contribution >= 4 is 36.3 Å². The average molecular weight is 257 g/mol. The van der Waals surface area contributed by atoms with Gasteiger partial charge in [0.25, 0.3) is 0 Å². The molecule has 1 heterocycles.